The standard InChI is InChI=1S/C27H38N6O2/c1-17(2)25(26-29-30-31-33(26)16-23-10-7-11-35-23)32(22-8-5-6-9-22)15-21-14-20-13-18(3)12-19(4)24(20)28-27(21)34/h12-14,17,22-23,25H,5-11,15-16H2,1-4H3,(H,28,34)/t23-,25-/m1/s1. The van der Waals surface area contributed by atoms with Crippen molar-refractivity contribution in [1.29, 1.82) is 0 Å². The number of rotatable bonds is 8. The molecule has 1 aromatic carbocycles. The number of benzene rings is 1. The van der Waals surface area contributed by atoms with Crippen molar-refractivity contribution in [2.24, 2.45) is 5.92 Å². The lowest BCUT2D eigenvalue weighted by atomic mass is 9.97. The van der Waals surface area contributed by atoms with E-state index >= 15 is 0 Å². The SMILES string of the molecule is Cc1cc(C)c2[nH]c(=O)c(CN(C3CCCC3)[C@@H](c3nnnn3C[C@H]3CCCO3)C(C)C)cc2c1. The van der Waals surface area contributed by atoms with E-state index in [-0.39, 0.29) is 23.6 Å². The lowest BCUT2D eigenvalue weighted by Crippen LogP contribution is -2.41. The van der Waals surface area contributed by atoms with Gasteiger partial charge in [0.25, 0.3) is 5.56 Å². The van der Waals surface area contributed by atoms with E-state index in [1.807, 2.05) is 4.68 Å². The Morgan fingerprint density at radius 1 is 1.14 bits per heavy atom. The lowest BCUT2D eigenvalue weighted by molar-refractivity contribution is 0.0718. The van der Waals surface area contributed by atoms with Crippen LogP contribution < -0.4 is 5.56 Å². The molecule has 1 aliphatic carbocycles. The molecule has 2 aromatic heterocycles. The summed E-state index contributed by atoms with van der Waals surface area (Å²) >= 11 is 0. The molecule has 2 atom stereocenters. The van der Waals surface area contributed by atoms with Crippen LogP contribution in [0, 0.1) is 19.8 Å². The van der Waals surface area contributed by atoms with Crippen molar-refractivity contribution in [2.75, 3.05) is 6.61 Å². The quantitative estimate of drug-likeness (QED) is 0.514. The second-order valence-electron chi connectivity index (χ2n) is 10.8. The Labute approximate surface area is 207 Å². The number of nitrogens with one attached hydrogen (secondary N) is 1. The molecule has 1 saturated carbocycles. The molecule has 188 valence electrons. The highest BCUT2D eigenvalue weighted by Gasteiger charge is 2.36. The number of fused-ring (bicyclic) bond motifs is 1. The lowest BCUT2D eigenvalue weighted by Gasteiger charge is -2.38. The van der Waals surface area contributed by atoms with E-state index in [9.17, 15) is 4.79 Å². The number of H-pyrrole nitrogens is 1. The Kier molecular flexibility index (Phi) is 7.02. The summed E-state index contributed by atoms with van der Waals surface area (Å²) in [7, 11) is 0. The minimum atomic E-state index is -0.00564. The van der Waals surface area contributed by atoms with Gasteiger partial charge in [-0.3, -0.25) is 9.69 Å². The molecule has 3 aromatic rings. The van der Waals surface area contributed by atoms with Crippen LogP contribution in [0.4, 0.5) is 0 Å². The summed E-state index contributed by atoms with van der Waals surface area (Å²) in [5.41, 5.74) is 4.03. The normalized spacial score (nSPS) is 20.0. The number of hydrogen-bond donors (Lipinski definition) is 1. The second-order valence-corrected chi connectivity index (χ2v) is 10.8. The van der Waals surface area contributed by atoms with E-state index in [1.165, 1.54) is 18.4 Å². The topological polar surface area (TPSA) is 88.9 Å². The maximum absolute atomic E-state index is 13.3. The smallest absolute Gasteiger partial charge is 0.252 e. The van der Waals surface area contributed by atoms with Crippen LogP contribution in [0.3, 0.4) is 0 Å². The first-order chi connectivity index (χ1) is 16.9. The predicted octanol–water partition coefficient (Wildman–Crippen LogP) is 4.45. The summed E-state index contributed by atoms with van der Waals surface area (Å²) in [5, 5.41) is 14.1. The summed E-state index contributed by atoms with van der Waals surface area (Å²) < 4.78 is 7.82. The maximum atomic E-state index is 13.3. The van der Waals surface area contributed by atoms with Crippen LogP contribution in [0.1, 0.15) is 80.9 Å². The number of pyridine rings is 1. The van der Waals surface area contributed by atoms with E-state index in [0.29, 0.717) is 19.1 Å². The minimum Gasteiger partial charge on any atom is -0.376 e. The van der Waals surface area contributed by atoms with Gasteiger partial charge in [-0.15, -0.1) is 5.10 Å². The number of hydrogen-bond acceptors (Lipinski definition) is 6. The zero-order valence-electron chi connectivity index (χ0n) is 21.5. The zero-order valence-corrected chi connectivity index (χ0v) is 21.5. The molecule has 5 rings (SSSR count). The first-order valence-corrected chi connectivity index (χ1v) is 13.2. The average Bonchev–Trinajstić information content (AvgIpc) is 3.58. The molecule has 2 aliphatic rings. The molecular formula is C27H38N6O2. The van der Waals surface area contributed by atoms with E-state index in [4.69, 9.17) is 4.74 Å². The molecule has 35 heavy (non-hydrogen) atoms. The van der Waals surface area contributed by atoms with Gasteiger partial charge in [-0.1, -0.05) is 38.3 Å². The molecule has 8 nitrogen and oxygen atoms in total. The molecule has 1 aliphatic heterocycles. The number of aromatic nitrogens is 5. The summed E-state index contributed by atoms with van der Waals surface area (Å²) in [6, 6.07) is 6.78. The van der Waals surface area contributed by atoms with Crippen LogP contribution in [0.25, 0.3) is 10.9 Å². The van der Waals surface area contributed by atoms with E-state index < -0.39 is 0 Å². The van der Waals surface area contributed by atoms with E-state index in [0.717, 1.165) is 60.1 Å². The van der Waals surface area contributed by atoms with Crippen molar-refractivity contribution in [3.8, 4) is 0 Å². The molecule has 8 heteroatoms. The van der Waals surface area contributed by atoms with Gasteiger partial charge in [0.05, 0.1) is 24.2 Å². The highest BCUT2D eigenvalue weighted by Crippen LogP contribution is 2.36. The Balaban J connectivity index is 1.52. The van der Waals surface area contributed by atoms with Crippen molar-refractivity contribution in [2.45, 2.75) is 97.5 Å². The fourth-order valence-electron chi connectivity index (χ4n) is 6.10. The van der Waals surface area contributed by atoms with Gasteiger partial charge in [0, 0.05) is 24.8 Å². The number of aromatic amines is 1. The van der Waals surface area contributed by atoms with Crippen LogP contribution in [0.2, 0.25) is 0 Å². The van der Waals surface area contributed by atoms with Crippen LogP contribution in [0.15, 0.2) is 23.0 Å². The fourth-order valence-corrected chi connectivity index (χ4v) is 6.10. The number of tetrazole rings is 1. The third-order valence-corrected chi connectivity index (χ3v) is 7.73. The van der Waals surface area contributed by atoms with Crippen LogP contribution in [0.5, 0.6) is 0 Å². The first kappa shape index (κ1) is 24.1. The zero-order chi connectivity index (χ0) is 24.5. The van der Waals surface area contributed by atoms with Crippen molar-refractivity contribution < 1.29 is 4.74 Å². The second kappa shape index (κ2) is 10.2. The molecule has 0 amide bonds. The number of ether oxygens (including phenoxy) is 1. The van der Waals surface area contributed by atoms with Crippen LogP contribution in [-0.4, -0.2) is 48.8 Å². The van der Waals surface area contributed by atoms with Crippen molar-refractivity contribution in [3.05, 3.63) is 51.1 Å². The average molecular weight is 479 g/mol. The number of aryl methyl sites for hydroxylation is 2. The minimum absolute atomic E-state index is 0.00564. The first-order valence-electron chi connectivity index (χ1n) is 13.2. The molecule has 2 fully saturated rings. The van der Waals surface area contributed by atoms with Gasteiger partial charge in [0.2, 0.25) is 0 Å². The van der Waals surface area contributed by atoms with Crippen LogP contribution >= 0.6 is 0 Å². The molecule has 0 bridgehead atoms. The molecule has 1 saturated heterocycles. The van der Waals surface area contributed by atoms with E-state index in [2.05, 4.69) is 71.3 Å². The summed E-state index contributed by atoms with van der Waals surface area (Å²) in [6.07, 6.45) is 7.02. The Morgan fingerprint density at radius 3 is 2.66 bits per heavy atom. The van der Waals surface area contributed by atoms with Crippen molar-refractivity contribution in [3.63, 3.8) is 0 Å². The molecular weight excluding hydrogens is 440 g/mol. The monoisotopic (exact) mass is 478 g/mol. The predicted molar refractivity (Wildman–Crippen MR) is 136 cm³/mol. The summed E-state index contributed by atoms with van der Waals surface area (Å²) in [4.78, 5) is 18.9. The van der Waals surface area contributed by atoms with Gasteiger partial charge in [0.1, 0.15) is 0 Å². The Hall–Kier alpha value is -2.58. The highest BCUT2D eigenvalue weighted by atomic mass is 16.5. The summed E-state index contributed by atoms with van der Waals surface area (Å²) in [6.45, 7) is 10.7. The number of nitrogens with zero attached hydrogens (tertiary/aromatic N) is 5. The largest absolute Gasteiger partial charge is 0.376 e. The Morgan fingerprint density at radius 2 is 1.94 bits per heavy atom. The highest BCUT2D eigenvalue weighted by molar-refractivity contribution is 5.82. The van der Waals surface area contributed by atoms with Crippen molar-refractivity contribution in [1.82, 2.24) is 30.1 Å². The van der Waals surface area contributed by atoms with E-state index in [1.54, 1.807) is 0 Å². The van der Waals surface area contributed by atoms with Gasteiger partial charge < -0.3 is 9.72 Å². The fraction of sp³-hybridized carbons (Fsp3) is 0.630. The van der Waals surface area contributed by atoms with Gasteiger partial charge in [-0.2, -0.15) is 0 Å². The maximum Gasteiger partial charge on any atom is 0.252 e. The van der Waals surface area contributed by atoms with Gasteiger partial charge in [-0.25, -0.2) is 4.68 Å². The van der Waals surface area contributed by atoms with Crippen molar-refractivity contribution >= 4 is 10.9 Å². The molecule has 0 spiro atoms. The van der Waals surface area contributed by atoms with Crippen LogP contribution in [-0.2, 0) is 17.8 Å². The molecule has 0 radical (unpaired) electrons. The van der Waals surface area contributed by atoms with Gasteiger partial charge in [0.15, 0.2) is 5.82 Å². The molecule has 0 unspecified atom stereocenters. The molecule has 1 N–H and O–H groups in total. The summed E-state index contributed by atoms with van der Waals surface area (Å²) in [5.74, 6) is 1.17. The third-order valence-electron chi connectivity index (χ3n) is 7.73. The third kappa shape index (κ3) is 5.05. The molecule has 3 heterocycles. The Bertz CT molecular complexity index is 1220. The van der Waals surface area contributed by atoms with Gasteiger partial charge >= 0.3 is 0 Å². The van der Waals surface area contributed by atoms with Gasteiger partial charge in [-0.05, 0) is 79.0 Å².